The number of rotatable bonds is 4. The third kappa shape index (κ3) is 3.94. The molecule has 1 fully saturated rings. The van der Waals surface area contributed by atoms with Gasteiger partial charge in [0.1, 0.15) is 5.82 Å². The van der Waals surface area contributed by atoms with Crippen molar-refractivity contribution in [3.05, 3.63) is 78.8 Å². The summed E-state index contributed by atoms with van der Waals surface area (Å²) in [5, 5.41) is 1.95. The number of hydrogen-bond donors (Lipinski definition) is 0. The Morgan fingerprint density at radius 1 is 0.812 bits per heavy atom. The molecule has 1 aliphatic heterocycles. The number of aryl methyl sites for hydroxylation is 1. The quantitative estimate of drug-likeness (QED) is 0.478. The van der Waals surface area contributed by atoms with Crippen molar-refractivity contribution in [2.75, 3.05) is 31.1 Å². The highest BCUT2D eigenvalue weighted by atomic mass is 32.2. The first-order valence-electron chi connectivity index (χ1n) is 10.5. The normalized spacial score (nSPS) is 15.2. The maximum Gasteiger partial charge on any atom is 0.243 e. The molecule has 162 valence electrons. The standard InChI is InChI=1S/C24H23N5O2S/c1-18-16-23(27-24(26-18)20-8-10-25-11-9-20)28-12-14-29(15-13-28)32(30,31)22-7-6-19-4-2-3-5-21(19)17-22/h2-11,16-17H,12-15H2,1H3. The fraction of sp³-hybridized carbons (Fsp3) is 0.208. The summed E-state index contributed by atoms with van der Waals surface area (Å²) in [6.45, 7) is 3.89. The van der Waals surface area contributed by atoms with Gasteiger partial charge in [0.2, 0.25) is 10.0 Å². The number of aromatic nitrogens is 3. The molecule has 0 N–H and O–H groups in total. The summed E-state index contributed by atoms with van der Waals surface area (Å²) in [6.07, 6.45) is 3.44. The van der Waals surface area contributed by atoms with E-state index < -0.39 is 10.0 Å². The largest absolute Gasteiger partial charge is 0.354 e. The van der Waals surface area contributed by atoms with Crippen LogP contribution in [0.1, 0.15) is 5.69 Å². The van der Waals surface area contributed by atoms with E-state index in [2.05, 4.69) is 14.9 Å². The van der Waals surface area contributed by atoms with Gasteiger partial charge in [-0.2, -0.15) is 4.31 Å². The van der Waals surface area contributed by atoms with Gasteiger partial charge in [-0.25, -0.2) is 18.4 Å². The Balaban J connectivity index is 1.35. The number of benzene rings is 2. The van der Waals surface area contributed by atoms with E-state index in [1.807, 2.05) is 55.5 Å². The van der Waals surface area contributed by atoms with Crippen LogP contribution in [-0.4, -0.2) is 53.9 Å². The van der Waals surface area contributed by atoms with Crippen molar-refractivity contribution < 1.29 is 8.42 Å². The Hall–Kier alpha value is -3.36. The summed E-state index contributed by atoms with van der Waals surface area (Å²) in [6, 6.07) is 18.8. The third-order valence-electron chi connectivity index (χ3n) is 5.70. The van der Waals surface area contributed by atoms with Gasteiger partial charge in [0, 0.05) is 55.9 Å². The van der Waals surface area contributed by atoms with Crippen molar-refractivity contribution in [1.29, 1.82) is 0 Å². The van der Waals surface area contributed by atoms with E-state index in [0.717, 1.165) is 27.8 Å². The molecule has 0 bridgehead atoms. The number of nitrogens with zero attached hydrogens (tertiary/aromatic N) is 5. The Morgan fingerprint density at radius 2 is 1.53 bits per heavy atom. The number of sulfonamides is 1. The van der Waals surface area contributed by atoms with Crippen LogP contribution in [0.3, 0.4) is 0 Å². The summed E-state index contributed by atoms with van der Waals surface area (Å²) in [7, 11) is -3.55. The molecular formula is C24H23N5O2S. The van der Waals surface area contributed by atoms with Crippen molar-refractivity contribution in [2.45, 2.75) is 11.8 Å². The molecule has 0 saturated carbocycles. The van der Waals surface area contributed by atoms with Gasteiger partial charge in [0.05, 0.1) is 4.90 Å². The van der Waals surface area contributed by atoms with Gasteiger partial charge in [-0.3, -0.25) is 4.98 Å². The number of fused-ring (bicyclic) bond motifs is 1. The summed E-state index contributed by atoms with van der Waals surface area (Å²) in [4.78, 5) is 15.8. The maximum atomic E-state index is 13.2. The van der Waals surface area contributed by atoms with Crippen molar-refractivity contribution >= 4 is 26.6 Å². The van der Waals surface area contributed by atoms with E-state index in [9.17, 15) is 8.42 Å². The molecule has 32 heavy (non-hydrogen) atoms. The predicted octanol–water partition coefficient (Wildman–Crippen LogP) is 3.51. The second-order valence-corrected chi connectivity index (χ2v) is 9.77. The first-order chi connectivity index (χ1) is 15.5. The van der Waals surface area contributed by atoms with Crippen LogP contribution in [-0.2, 0) is 10.0 Å². The van der Waals surface area contributed by atoms with Crippen LogP contribution in [0.4, 0.5) is 5.82 Å². The molecule has 3 heterocycles. The van der Waals surface area contributed by atoms with Gasteiger partial charge in [0.15, 0.2) is 5.82 Å². The minimum absolute atomic E-state index is 0.336. The molecule has 8 heteroatoms. The first kappa shape index (κ1) is 20.5. The van der Waals surface area contributed by atoms with Crippen LogP contribution >= 0.6 is 0 Å². The minimum atomic E-state index is -3.55. The van der Waals surface area contributed by atoms with Gasteiger partial charge in [-0.1, -0.05) is 30.3 Å². The molecule has 2 aromatic heterocycles. The van der Waals surface area contributed by atoms with Crippen molar-refractivity contribution in [1.82, 2.24) is 19.3 Å². The molecule has 4 aromatic rings. The molecular weight excluding hydrogens is 422 g/mol. The molecule has 5 rings (SSSR count). The topological polar surface area (TPSA) is 79.3 Å². The van der Waals surface area contributed by atoms with Crippen molar-refractivity contribution in [3.8, 4) is 11.4 Å². The van der Waals surface area contributed by atoms with Crippen LogP contribution in [0, 0.1) is 6.92 Å². The molecule has 0 spiro atoms. The van der Waals surface area contributed by atoms with Gasteiger partial charge in [-0.05, 0) is 42.0 Å². The van der Waals surface area contributed by atoms with Crippen molar-refractivity contribution in [2.24, 2.45) is 0 Å². The highest BCUT2D eigenvalue weighted by Gasteiger charge is 2.29. The lowest BCUT2D eigenvalue weighted by molar-refractivity contribution is 0.384. The molecule has 0 amide bonds. The molecule has 2 aromatic carbocycles. The molecule has 7 nitrogen and oxygen atoms in total. The Morgan fingerprint density at radius 3 is 2.28 bits per heavy atom. The second kappa shape index (κ2) is 8.29. The Bertz CT molecular complexity index is 1370. The van der Waals surface area contributed by atoms with E-state index in [1.165, 1.54) is 0 Å². The highest BCUT2D eigenvalue weighted by molar-refractivity contribution is 7.89. The zero-order chi connectivity index (χ0) is 22.1. The van der Waals surface area contributed by atoms with Crippen LogP contribution in [0.5, 0.6) is 0 Å². The van der Waals surface area contributed by atoms with E-state index in [1.54, 1.807) is 28.8 Å². The second-order valence-electron chi connectivity index (χ2n) is 7.83. The summed E-state index contributed by atoms with van der Waals surface area (Å²) in [5.41, 5.74) is 1.77. The zero-order valence-electron chi connectivity index (χ0n) is 17.7. The highest BCUT2D eigenvalue weighted by Crippen LogP contribution is 2.25. The number of pyridine rings is 1. The lowest BCUT2D eigenvalue weighted by Crippen LogP contribution is -2.49. The SMILES string of the molecule is Cc1cc(N2CCN(S(=O)(=O)c3ccc4ccccc4c3)CC2)nc(-c2ccncc2)n1. The number of hydrogen-bond acceptors (Lipinski definition) is 6. The van der Waals surface area contributed by atoms with Crippen LogP contribution in [0.15, 0.2) is 78.0 Å². The molecule has 1 saturated heterocycles. The Kier molecular flexibility index (Phi) is 5.32. The van der Waals surface area contributed by atoms with Gasteiger partial charge < -0.3 is 4.90 Å². The van der Waals surface area contributed by atoms with Crippen LogP contribution in [0.25, 0.3) is 22.2 Å². The fourth-order valence-corrected chi connectivity index (χ4v) is 5.44. The molecule has 0 aliphatic carbocycles. The summed E-state index contributed by atoms with van der Waals surface area (Å²) in [5.74, 6) is 1.46. The smallest absolute Gasteiger partial charge is 0.243 e. The van der Waals surface area contributed by atoms with E-state index in [-0.39, 0.29) is 0 Å². The fourth-order valence-electron chi connectivity index (χ4n) is 3.98. The maximum absolute atomic E-state index is 13.2. The molecule has 0 atom stereocenters. The van der Waals surface area contributed by atoms with E-state index >= 15 is 0 Å². The number of anilines is 1. The monoisotopic (exact) mass is 445 g/mol. The van der Waals surface area contributed by atoms with Crippen LogP contribution in [0.2, 0.25) is 0 Å². The number of piperazine rings is 1. The zero-order valence-corrected chi connectivity index (χ0v) is 18.5. The van der Waals surface area contributed by atoms with Crippen LogP contribution < -0.4 is 4.90 Å². The van der Waals surface area contributed by atoms with Crippen molar-refractivity contribution in [3.63, 3.8) is 0 Å². The van der Waals surface area contributed by atoms with E-state index in [0.29, 0.717) is 36.9 Å². The lowest BCUT2D eigenvalue weighted by atomic mass is 10.1. The molecule has 1 aliphatic rings. The summed E-state index contributed by atoms with van der Waals surface area (Å²) >= 11 is 0. The van der Waals surface area contributed by atoms with Gasteiger partial charge in [0.25, 0.3) is 0 Å². The predicted molar refractivity (Wildman–Crippen MR) is 125 cm³/mol. The minimum Gasteiger partial charge on any atom is -0.354 e. The van der Waals surface area contributed by atoms with E-state index in [4.69, 9.17) is 4.98 Å². The average molecular weight is 446 g/mol. The van der Waals surface area contributed by atoms with Gasteiger partial charge >= 0.3 is 0 Å². The van der Waals surface area contributed by atoms with Gasteiger partial charge in [-0.15, -0.1) is 0 Å². The lowest BCUT2D eigenvalue weighted by Gasteiger charge is -2.34. The first-order valence-corrected chi connectivity index (χ1v) is 11.9. The molecule has 0 unspecified atom stereocenters. The Labute approximate surface area is 187 Å². The third-order valence-corrected chi connectivity index (χ3v) is 7.60. The summed E-state index contributed by atoms with van der Waals surface area (Å²) < 4.78 is 28.0. The average Bonchev–Trinajstić information content (AvgIpc) is 2.84. The molecule has 0 radical (unpaired) electrons.